The molecule has 0 spiro atoms. The maximum absolute atomic E-state index is 12.3. The van der Waals surface area contributed by atoms with Crippen molar-refractivity contribution in [2.75, 3.05) is 11.9 Å². The molecule has 0 atom stereocenters. The molecule has 3 heterocycles. The zero-order valence-corrected chi connectivity index (χ0v) is 16.8. The molecule has 0 fully saturated rings. The van der Waals surface area contributed by atoms with Gasteiger partial charge in [-0.1, -0.05) is 0 Å². The second-order valence-electron chi connectivity index (χ2n) is 6.97. The molecule has 0 bridgehead atoms. The van der Waals surface area contributed by atoms with Gasteiger partial charge in [-0.3, -0.25) is 10.2 Å². The van der Waals surface area contributed by atoms with Crippen molar-refractivity contribution in [2.24, 2.45) is 10.7 Å². The second-order valence-corrected chi connectivity index (χ2v) is 6.97. The van der Waals surface area contributed by atoms with Gasteiger partial charge in [-0.25, -0.2) is 9.97 Å². The number of carbonyl (C=O) groups is 1. The number of hydrogen-bond acceptors (Lipinski definition) is 4. The topological polar surface area (TPSA) is 136 Å². The summed E-state index contributed by atoms with van der Waals surface area (Å²) in [5.41, 5.74) is 11.8. The molecular weight excluding hydrogens is 380 g/mol. The van der Waals surface area contributed by atoms with E-state index in [0.717, 1.165) is 46.6 Å². The van der Waals surface area contributed by atoms with Crippen LogP contribution < -0.4 is 21.8 Å². The minimum atomic E-state index is -0.0457. The van der Waals surface area contributed by atoms with E-state index in [0.29, 0.717) is 24.0 Å². The molecule has 152 valence electrons. The van der Waals surface area contributed by atoms with Gasteiger partial charge >= 0.3 is 0 Å². The van der Waals surface area contributed by atoms with E-state index in [1.807, 2.05) is 44.2 Å². The summed E-state index contributed by atoms with van der Waals surface area (Å²) in [4.78, 5) is 25.2. The van der Waals surface area contributed by atoms with E-state index in [1.54, 1.807) is 6.20 Å². The summed E-state index contributed by atoms with van der Waals surface area (Å²) in [6, 6.07) is 9.25. The molecule has 3 aromatic rings. The van der Waals surface area contributed by atoms with Crippen LogP contribution in [0.25, 0.3) is 11.3 Å². The summed E-state index contributed by atoms with van der Waals surface area (Å²) in [6.07, 6.45) is 2.87. The van der Waals surface area contributed by atoms with Crippen molar-refractivity contribution < 1.29 is 10.2 Å². The molecule has 1 aliphatic heterocycles. The Morgan fingerprint density at radius 3 is 2.77 bits per heavy atom. The number of anilines is 2. The van der Waals surface area contributed by atoms with E-state index in [4.69, 9.17) is 11.1 Å². The van der Waals surface area contributed by atoms with Crippen molar-refractivity contribution in [2.45, 2.75) is 20.4 Å². The zero-order chi connectivity index (χ0) is 21.3. The van der Waals surface area contributed by atoms with E-state index >= 15 is 0 Å². The Morgan fingerprint density at radius 2 is 2.07 bits per heavy atom. The molecule has 1 aromatic carbocycles. The standard InChI is InChI=1S/C21H22N8O/c1-12-17(13(2)29-10-9-24-20(30)18(12)29)16-7-8-25-21(28-16)27-15-5-3-14(4-6-15)19(23)26-11-22/h3-8,11H,9-10H2,1-2H3,(H,24,30)(H3,22,23,26)(H,25,27,28)/p+1. The third-order valence-electron chi connectivity index (χ3n) is 5.16. The maximum atomic E-state index is 12.3. The molecule has 30 heavy (non-hydrogen) atoms. The molecule has 6 N–H and O–H groups in total. The number of benzene rings is 1. The number of fused-ring (bicyclic) bond motifs is 1. The summed E-state index contributed by atoms with van der Waals surface area (Å²) in [5.74, 6) is 0.759. The first kappa shape index (κ1) is 19.3. The number of nitrogens with zero attached hydrogens (tertiary/aromatic N) is 4. The largest absolute Gasteiger partial charge is 0.362 e. The number of nitrogens with one attached hydrogen (secondary N) is 2. The van der Waals surface area contributed by atoms with Crippen LogP contribution >= 0.6 is 0 Å². The first-order valence-electron chi connectivity index (χ1n) is 9.55. The van der Waals surface area contributed by atoms with E-state index in [9.17, 15) is 4.79 Å². The Kier molecular flexibility index (Phi) is 5.01. The van der Waals surface area contributed by atoms with Crippen molar-refractivity contribution >= 4 is 29.7 Å². The third-order valence-corrected chi connectivity index (χ3v) is 5.16. The highest BCUT2D eigenvalue weighted by molar-refractivity contribution is 6.01. The quantitative estimate of drug-likeness (QED) is 0.364. The number of aromatic nitrogens is 3. The van der Waals surface area contributed by atoms with Crippen molar-refractivity contribution in [3.05, 3.63) is 59.0 Å². The van der Waals surface area contributed by atoms with Gasteiger partial charge in [0.25, 0.3) is 12.2 Å². The van der Waals surface area contributed by atoms with E-state index in [-0.39, 0.29) is 5.91 Å². The lowest BCUT2D eigenvalue weighted by Crippen LogP contribution is -2.35. The Labute approximate surface area is 173 Å². The van der Waals surface area contributed by atoms with Crippen LogP contribution in [0.15, 0.2) is 41.5 Å². The Balaban J connectivity index is 1.64. The van der Waals surface area contributed by atoms with Gasteiger partial charge in [0.15, 0.2) is 0 Å². The number of hydrogen-bond donors (Lipinski definition) is 4. The fraction of sp³-hybridized carbons (Fsp3) is 0.190. The Morgan fingerprint density at radius 1 is 1.30 bits per heavy atom. The maximum Gasteiger partial charge on any atom is 0.279 e. The fourth-order valence-corrected chi connectivity index (χ4v) is 3.78. The van der Waals surface area contributed by atoms with Gasteiger partial charge in [0.05, 0.1) is 5.69 Å². The number of amidine groups is 1. The normalized spacial score (nSPS) is 13.5. The SMILES string of the molecule is Cc1c(-c2ccnc(Nc3ccc(C(N)=NC=[NH2+])cc3)n2)c(C)n2c1C(=O)NCC2. The lowest BCUT2D eigenvalue weighted by Gasteiger charge is -2.17. The monoisotopic (exact) mass is 403 g/mol. The highest BCUT2D eigenvalue weighted by Gasteiger charge is 2.26. The van der Waals surface area contributed by atoms with Gasteiger partial charge in [0.2, 0.25) is 11.8 Å². The second kappa shape index (κ2) is 7.78. The first-order valence-corrected chi connectivity index (χ1v) is 9.55. The van der Waals surface area contributed by atoms with E-state index in [2.05, 4.69) is 30.2 Å². The van der Waals surface area contributed by atoms with Crippen LogP contribution in [-0.4, -0.2) is 39.2 Å². The van der Waals surface area contributed by atoms with Crippen LogP contribution in [0.4, 0.5) is 11.6 Å². The predicted octanol–water partition coefficient (Wildman–Crippen LogP) is 0.542. The molecule has 1 amide bonds. The molecule has 4 rings (SSSR count). The molecular formula is C21H23N8O+. The molecule has 0 saturated heterocycles. The van der Waals surface area contributed by atoms with E-state index < -0.39 is 0 Å². The average Bonchev–Trinajstić information content (AvgIpc) is 3.00. The molecule has 9 nitrogen and oxygen atoms in total. The number of amides is 1. The van der Waals surface area contributed by atoms with Crippen LogP contribution in [0.2, 0.25) is 0 Å². The van der Waals surface area contributed by atoms with Crippen LogP contribution in [0.1, 0.15) is 27.3 Å². The minimum Gasteiger partial charge on any atom is -0.362 e. The highest BCUT2D eigenvalue weighted by Crippen LogP contribution is 2.32. The minimum absolute atomic E-state index is 0.0457. The molecule has 9 heteroatoms. The number of carbonyl (C=O) groups excluding carboxylic acids is 1. The number of aliphatic imine (C=N–C) groups is 1. The Hall–Kier alpha value is -4.01. The first-order chi connectivity index (χ1) is 14.5. The zero-order valence-electron chi connectivity index (χ0n) is 16.8. The number of rotatable bonds is 5. The van der Waals surface area contributed by atoms with Crippen LogP contribution in [0, 0.1) is 13.8 Å². The molecule has 0 unspecified atom stereocenters. The molecule has 2 aromatic heterocycles. The summed E-state index contributed by atoms with van der Waals surface area (Å²) >= 11 is 0. The van der Waals surface area contributed by atoms with Gasteiger partial charge < -0.3 is 20.9 Å². The summed E-state index contributed by atoms with van der Waals surface area (Å²) < 4.78 is 2.06. The summed E-state index contributed by atoms with van der Waals surface area (Å²) in [6.45, 7) is 5.36. The molecule has 0 radical (unpaired) electrons. The lowest BCUT2D eigenvalue weighted by molar-refractivity contribution is -0.106. The molecule has 1 aliphatic rings. The lowest BCUT2D eigenvalue weighted by atomic mass is 10.1. The van der Waals surface area contributed by atoms with Gasteiger partial charge in [0.1, 0.15) is 5.69 Å². The van der Waals surface area contributed by atoms with Crippen LogP contribution in [0.5, 0.6) is 0 Å². The highest BCUT2D eigenvalue weighted by atomic mass is 16.2. The van der Waals surface area contributed by atoms with Crippen LogP contribution in [-0.2, 0) is 6.54 Å². The smallest absolute Gasteiger partial charge is 0.279 e. The van der Waals surface area contributed by atoms with Crippen molar-refractivity contribution in [1.29, 1.82) is 0 Å². The average molecular weight is 403 g/mol. The predicted molar refractivity (Wildman–Crippen MR) is 116 cm³/mol. The van der Waals surface area contributed by atoms with Gasteiger partial charge in [-0.2, -0.15) is 0 Å². The van der Waals surface area contributed by atoms with Crippen molar-refractivity contribution in [3.8, 4) is 11.3 Å². The third kappa shape index (κ3) is 3.41. The van der Waals surface area contributed by atoms with Crippen LogP contribution in [0.3, 0.4) is 0 Å². The van der Waals surface area contributed by atoms with Gasteiger partial charge in [-0.15, -0.1) is 0 Å². The Bertz CT molecular complexity index is 1160. The van der Waals surface area contributed by atoms with Crippen molar-refractivity contribution in [1.82, 2.24) is 19.9 Å². The van der Waals surface area contributed by atoms with E-state index in [1.165, 1.54) is 0 Å². The summed E-state index contributed by atoms with van der Waals surface area (Å²) in [5, 5.41) is 11.4. The number of nitrogens with two attached hydrogens (primary N) is 2. The van der Waals surface area contributed by atoms with Crippen molar-refractivity contribution in [3.63, 3.8) is 0 Å². The van der Waals surface area contributed by atoms with Gasteiger partial charge in [-0.05, 0) is 54.7 Å². The van der Waals surface area contributed by atoms with Gasteiger partial charge in [0, 0.05) is 41.8 Å². The summed E-state index contributed by atoms with van der Waals surface area (Å²) in [7, 11) is 0. The molecule has 0 saturated carbocycles. The molecule has 0 aliphatic carbocycles. The fourth-order valence-electron chi connectivity index (χ4n) is 3.78.